The van der Waals surface area contributed by atoms with Crippen molar-refractivity contribution < 1.29 is 4.74 Å². The molecule has 108 valence electrons. The molecule has 1 saturated carbocycles. The molecule has 0 spiro atoms. The molecule has 0 aliphatic heterocycles. The normalized spacial score (nSPS) is 15.8. The zero-order chi connectivity index (χ0) is 14.5. The molecule has 3 rings (SSSR count). The molecule has 1 aliphatic carbocycles. The van der Waals surface area contributed by atoms with Crippen molar-refractivity contribution >= 4 is 39.3 Å². The van der Waals surface area contributed by atoms with Crippen molar-refractivity contribution in [3.05, 3.63) is 5.82 Å². The molecule has 20 heavy (non-hydrogen) atoms. The van der Waals surface area contributed by atoms with Gasteiger partial charge < -0.3 is 10.5 Å². The summed E-state index contributed by atoms with van der Waals surface area (Å²) in [5.41, 5.74) is 7.27. The molecule has 2 N–H and O–H groups in total. The highest BCUT2D eigenvalue weighted by Crippen LogP contribution is 2.40. The molecule has 0 aromatic carbocycles. The zero-order valence-electron chi connectivity index (χ0n) is 11.6. The van der Waals surface area contributed by atoms with E-state index in [1.165, 1.54) is 10.8 Å². The van der Waals surface area contributed by atoms with Crippen LogP contribution >= 0.6 is 22.5 Å². The standard InChI is InChI=1S/C12H17N5OS2/c1-12(2,20-19)18-11-8-7(16-17(11)3)9(13)15-10(14-8)6-4-5-6/h6,19H,4-5H2,1-3H3,(H2,13,14,15). The number of aryl methyl sites for hydroxylation is 1. The van der Waals surface area contributed by atoms with Crippen LogP contribution in [0.2, 0.25) is 0 Å². The van der Waals surface area contributed by atoms with Crippen LogP contribution in [-0.4, -0.2) is 24.7 Å². The fraction of sp³-hybridized carbons (Fsp3) is 0.583. The zero-order valence-corrected chi connectivity index (χ0v) is 13.3. The molecule has 8 heteroatoms. The Morgan fingerprint density at radius 3 is 2.65 bits per heavy atom. The minimum Gasteiger partial charge on any atom is -0.458 e. The quantitative estimate of drug-likeness (QED) is 0.513. The third-order valence-electron chi connectivity index (χ3n) is 3.18. The highest BCUT2D eigenvalue weighted by molar-refractivity contribution is 8.69. The second-order valence-electron chi connectivity index (χ2n) is 5.46. The summed E-state index contributed by atoms with van der Waals surface area (Å²) in [6.45, 7) is 3.88. The summed E-state index contributed by atoms with van der Waals surface area (Å²) in [4.78, 5) is 8.47. The molecule has 0 bridgehead atoms. The van der Waals surface area contributed by atoms with Gasteiger partial charge in [0, 0.05) is 13.0 Å². The van der Waals surface area contributed by atoms with Crippen LogP contribution in [0.25, 0.3) is 11.0 Å². The van der Waals surface area contributed by atoms with Gasteiger partial charge in [0.15, 0.2) is 21.8 Å². The van der Waals surface area contributed by atoms with Gasteiger partial charge in [0.1, 0.15) is 5.82 Å². The lowest BCUT2D eigenvalue weighted by atomic mass is 10.3. The number of thiol groups is 1. The maximum Gasteiger partial charge on any atom is 0.240 e. The van der Waals surface area contributed by atoms with Crippen molar-refractivity contribution in [2.75, 3.05) is 5.73 Å². The molecule has 0 radical (unpaired) electrons. The van der Waals surface area contributed by atoms with Crippen molar-refractivity contribution in [3.8, 4) is 5.88 Å². The maximum absolute atomic E-state index is 6.00. The average Bonchev–Trinajstić information content (AvgIpc) is 3.18. The second kappa shape index (κ2) is 4.70. The molecule has 0 unspecified atom stereocenters. The van der Waals surface area contributed by atoms with Gasteiger partial charge >= 0.3 is 0 Å². The molecule has 2 heterocycles. The predicted octanol–water partition coefficient (Wildman–Crippen LogP) is 2.52. The largest absolute Gasteiger partial charge is 0.458 e. The van der Waals surface area contributed by atoms with Crippen LogP contribution in [0.1, 0.15) is 38.4 Å². The fourth-order valence-corrected chi connectivity index (χ4v) is 2.20. The Bertz CT molecular complexity index is 665. The van der Waals surface area contributed by atoms with Crippen LogP contribution in [0, 0.1) is 0 Å². The SMILES string of the molecule is Cn1nc2c(N)nc(C3CC3)nc2c1OC(C)(C)SS. The van der Waals surface area contributed by atoms with E-state index in [0.29, 0.717) is 28.6 Å². The molecular weight excluding hydrogens is 294 g/mol. The average molecular weight is 311 g/mol. The molecule has 2 aromatic rings. The number of ether oxygens (including phenoxy) is 1. The number of nitrogen functional groups attached to an aromatic ring is 1. The van der Waals surface area contributed by atoms with Crippen molar-refractivity contribution in [2.45, 2.75) is 37.5 Å². The molecule has 0 atom stereocenters. The first-order valence-electron chi connectivity index (χ1n) is 6.43. The molecule has 6 nitrogen and oxygen atoms in total. The highest BCUT2D eigenvalue weighted by Gasteiger charge is 2.30. The van der Waals surface area contributed by atoms with Gasteiger partial charge in [0.25, 0.3) is 0 Å². The number of fused-ring (bicyclic) bond motifs is 1. The van der Waals surface area contributed by atoms with Crippen LogP contribution in [0.3, 0.4) is 0 Å². The first-order valence-corrected chi connectivity index (χ1v) is 8.30. The topological polar surface area (TPSA) is 78.9 Å². The van der Waals surface area contributed by atoms with Crippen LogP contribution in [0.15, 0.2) is 0 Å². The summed E-state index contributed by atoms with van der Waals surface area (Å²) >= 11 is 4.23. The Morgan fingerprint density at radius 1 is 1.35 bits per heavy atom. The van der Waals surface area contributed by atoms with Gasteiger partial charge in [0.2, 0.25) is 5.88 Å². The van der Waals surface area contributed by atoms with Gasteiger partial charge in [0.05, 0.1) is 0 Å². The third kappa shape index (κ3) is 2.42. The van der Waals surface area contributed by atoms with Crippen molar-refractivity contribution in [1.29, 1.82) is 0 Å². The van der Waals surface area contributed by atoms with Crippen LogP contribution in [-0.2, 0) is 7.05 Å². The van der Waals surface area contributed by atoms with Crippen LogP contribution in [0.4, 0.5) is 5.82 Å². The molecule has 0 amide bonds. The molecule has 1 fully saturated rings. The lowest BCUT2D eigenvalue weighted by Crippen LogP contribution is -2.23. The molecular formula is C12H17N5OS2. The third-order valence-corrected chi connectivity index (χ3v) is 5.02. The van der Waals surface area contributed by atoms with Crippen molar-refractivity contribution in [2.24, 2.45) is 7.05 Å². The number of nitrogens with two attached hydrogens (primary N) is 1. The van der Waals surface area contributed by atoms with E-state index in [-0.39, 0.29) is 0 Å². The Balaban J connectivity index is 2.12. The van der Waals surface area contributed by atoms with E-state index in [2.05, 4.69) is 26.7 Å². The second-order valence-corrected chi connectivity index (χ2v) is 7.17. The maximum atomic E-state index is 6.00. The van der Waals surface area contributed by atoms with Gasteiger partial charge in [-0.1, -0.05) is 0 Å². The number of aromatic nitrogens is 4. The summed E-state index contributed by atoms with van der Waals surface area (Å²) < 4.78 is 7.64. The minimum atomic E-state index is -0.483. The summed E-state index contributed by atoms with van der Waals surface area (Å²) in [5, 5.41) is 4.36. The van der Waals surface area contributed by atoms with Crippen LogP contribution in [0.5, 0.6) is 5.88 Å². The van der Waals surface area contributed by atoms with Gasteiger partial charge in [-0.2, -0.15) is 5.10 Å². The van der Waals surface area contributed by atoms with Crippen molar-refractivity contribution in [1.82, 2.24) is 19.7 Å². The van der Waals surface area contributed by atoms with E-state index >= 15 is 0 Å². The predicted molar refractivity (Wildman–Crippen MR) is 84.0 cm³/mol. The minimum absolute atomic E-state index is 0.415. The van der Waals surface area contributed by atoms with E-state index in [9.17, 15) is 0 Å². The van der Waals surface area contributed by atoms with Crippen LogP contribution < -0.4 is 10.5 Å². The number of nitrogens with zero attached hydrogens (tertiary/aromatic N) is 4. The Labute approximate surface area is 126 Å². The summed E-state index contributed by atoms with van der Waals surface area (Å²) in [5.74, 6) is 2.24. The molecule has 1 aliphatic rings. The fourth-order valence-electron chi connectivity index (χ4n) is 1.98. The Hall–Kier alpha value is -1.15. The van der Waals surface area contributed by atoms with Gasteiger partial charge in [-0.25, -0.2) is 14.6 Å². The smallest absolute Gasteiger partial charge is 0.240 e. The number of rotatable bonds is 4. The summed E-state index contributed by atoms with van der Waals surface area (Å²) in [6, 6.07) is 0. The highest BCUT2D eigenvalue weighted by atomic mass is 33.1. The summed E-state index contributed by atoms with van der Waals surface area (Å²) in [6.07, 6.45) is 2.25. The Morgan fingerprint density at radius 2 is 2.05 bits per heavy atom. The number of hydrogen-bond acceptors (Lipinski definition) is 7. The lowest BCUT2D eigenvalue weighted by Gasteiger charge is -2.22. The van der Waals surface area contributed by atoms with Crippen molar-refractivity contribution in [3.63, 3.8) is 0 Å². The van der Waals surface area contributed by atoms with E-state index in [4.69, 9.17) is 10.5 Å². The number of hydrogen-bond donors (Lipinski definition) is 2. The summed E-state index contributed by atoms with van der Waals surface area (Å²) in [7, 11) is 3.14. The number of anilines is 1. The molecule has 2 aromatic heterocycles. The van der Waals surface area contributed by atoms with E-state index in [1.807, 2.05) is 20.9 Å². The monoisotopic (exact) mass is 311 g/mol. The van der Waals surface area contributed by atoms with Gasteiger partial charge in [-0.15, -0.1) is 11.7 Å². The van der Waals surface area contributed by atoms with E-state index < -0.39 is 4.93 Å². The van der Waals surface area contributed by atoms with E-state index in [1.54, 1.807) is 4.68 Å². The van der Waals surface area contributed by atoms with E-state index in [0.717, 1.165) is 18.7 Å². The first-order chi connectivity index (χ1) is 9.41. The first kappa shape index (κ1) is 13.8. The Kier molecular flexibility index (Phi) is 3.24. The molecule has 0 saturated heterocycles. The van der Waals surface area contributed by atoms with Gasteiger partial charge in [-0.05, 0) is 37.5 Å². The van der Waals surface area contributed by atoms with Gasteiger partial charge in [-0.3, -0.25) is 0 Å². The lowest BCUT2D eigenvalue weighted by molar-refractivity contribution is 0.192.